The number of nitrogens with zero attached hydrogens (tertiary/aromatic N) is 2. The minimum atomic E-state index is -0.690. The number of rotatable bonds is 1. The summed E-state index contributed by atoms with van der Waals surface area (Å²) in [5, 5.41) is 3.28. The monoisotopic (exact) mass is 401 g/mol. The van der Waals surface area contributed by atoms with E-state index in [0.29, 0.717) is 49.1 Å². The molecule has 7 nitrogen and oxygen atoms in total. The molecule has 1 atom stereocenters. The summed E-state index contributed by atoms with van der Waals surface area (Å²) < 4.78 is 30.7. The van der Waals surface area contributed by atoms with Gasteiger partial charge in [0.15, 0.2) is 0 Å². The van der Waals surface area contributed by atoms with Crippen molar-refractivity contribution in [2.75, 3.05) is 30.0 Å². The topological polar surface area (TPSA) is 72.9 Å². The van der Waals surface area contributed by atoms with E-state index in [1.165, 1.54) is 11.0 Å². The Labute approximate surface area is 168 Å². The molecular formula is C21H24FN3O4. The van der Waals surface area contributed by atoms with E-state index in [9.17, 15) is 9.18 Å². The van der Waals surface area contributed by atoms with E-state index in [4.69, 9.17) is 14.2 Å². The maximum Gasteiger partial charge on any atom is 0.420 e. The van der Waals surface area contributed by atoms with Crippen molar-refractivity contribution in [3.05, 3.63) is 47.4 Å². The third-order valence-corrected chi connectivity index (χ3v) is 4.62. The zero-order chi connectivity index (χ0) is 20.6. The molecule has 4 rings (SSSR count). The Hall–Kier alpha value is -2.71. The molecule has 154 valence electrons. The molecule has 1 amide bonds. The number of carbonyl (C=O) groups is 1. The van der Waals surface area contributed by atoms with Gasteiger partial charge in [0.1, 0.15) is 23.3 Å². The first-order valence-corrected chi connectivity index (χ1v) is 9.56. The van der Waals surface area contributed by atoms with E-state index in [1.54, 1.807) is 20.8 Å². The zero-order valence-electron chi connectivity index (χ0n) is 16.7. The van der Waals surface area contributed by atoms with Gasteiger partial charge in [0.05, 0.1) is 37.4 Å². The molecule has 0 aliphatic carbocycles. The zero-order valence-corrected chi connectivity index (χ0v) is 16.7. The number of hydrogen-bond donors (Lipinski definition) is 1. The molecule has 1 N–H and O–H groups in total. The number of ether oxygens (including phenoxy) is 3. The van der Waals surface area contributed by atoms with Crippen LogP contribution in [0.1, 0.15) is 38.0 Å². The number of aromatic nitrogens is 1. The predicted molar refractivity (Wildman–Crippen MR) is 106 cm³/mol. The highest BCUT2D eigenvalue weighted by Gasteiger charge is 2.32. The standard InChI is InChI=1S/C21H24FN3O4/c1-21(2,3)29-20(26)25-17-5-4-13(18-12-27-6-7-28-18)9-16(17)23-10-14-8-15(22)11-24-19(14)25/h4-5,8-9,11,18,23H,6-7,10,12H2,1-3H3. The van der Waals surface area contributed by atoms with E-state index in [0.717, 1.165) is 11.8 Å². The Bertz CT molecular complexity index is 923. The van der Waals surface area contributed by atoms with Gasteiger partial charge in [-0.25, -0.2) is 19.1 Å². The first-order valence-electron chi connectivity index (χ1n) is 9.56. The van der Waals surface area contributed by atoms with Gasteiger partial charge in [-0.1, -0.05) is 6.07 Å². The van der Waals surface area contributed by atoms with Crippen LogP contribution in [0.3, 0.4) is 0 Å². The van der Waals surface area contributed by atoms with Crippen molar-refractivity contribution < 1.29 is 23.4 Å². The fourth-order valence-corrected chi connectivity index (χ4v) is 3.37. The second kappa shape index (κ2) is 7.61. The summed E-state index contributed by atoms with van der Waals surface area (Å²) in [4.78, 5) is 18.6. The molecule has 29 heavy (non-hydrogen) atoms. The van der Waals surface area contributed by atoms with E-state index >= 15 is 0 Å². The van der Waals surface area contributed by atoms with Crippen LogP contribution in [-0.4, -0.2) is 36.5 Å². The molecule has 0 spiro atoms. The van der Waals surface area contributed by atoms with Gasteiger partial charge in [-0.05, 0) is 44.5 Å². The number of benzene rings is 1. The molecule has 1 aromatic heterocycles. The van der Waals surface area contributed by atoms with Crippen molar-refractivity contribution in [1.29, 1.82) is 0 Å². The van der Waals surface area contributed by atoms with Gasteiger partial charge in [0.2, 0.25) is 0 Å². The summed E-state index contributed by atoms with van der Waals surface area (Å²) in [5.41, 5.74) is 2.10. The maximum absolute atomic E-state index is 13.8. The summed E-state index contributed by atoms with van der Waals surface area (Å²) in [5.74, 6) is -0.119. The highest BCUT2D eigenvalue weighted by Crippen LogP contribution is 2.39. The lowest BCUT2D eigenvalue weighted by Crippen LogP contribution is -2.34. The lowest BCUT2D eigenvalue weighted by molar-refractivity contribution is -0.0901. The number of fused-ring (bicyclic) bond motifs is 2. The third kappa shape index (κ3) is 4.18. The van der Waals surface area contributed by atoms with E-state index < -0.39 is 17.5 Å². The molecule has 1 fully saturated rings. The van der Waals surface area contributed by atoms with Crippen LogP contribution < -0.4 is 10.2 Å². The largest absolute Gasteiger partial charge is 0.443 e. The van der Waals surface area contributed by atoms with Crippen molar-refractivity contribution >= 4 is 23.3 Å². The van der Waals surface area contributed by atoms with Crippen molar-refractivity contribution in [3.63, 3.8) is 0 Å². The van der Waals surface area contributed by atoms with Crippen LogP contribution >= 0.6 is 0 Å². The Kier molecular flexibility index (Phi) is 5.14. The van der Waals surface area contributed by atoms with Gasteiger partial charge in [-0.15, -0.1) is 0 Å². The average Bonchev–Trinajstić information content (AvgIpc) is 2.83. The Morgan fingerprint density at radius 2 is 2.14 bits per heavy atom. The normalized spacial score (nSPS) is 18.9. The fourth-order valence-electron chi connectivity index (χ4n) is 3.37. The number of carbonyl (C=O) groups excluding carboxylic acids is 1. The molecule has 2 aliphatic heterocycles. The summed E-state index contributed by atoms with van der Waals surface area (Å²) in [6, 6.07) is 7.01. The fraction of sp³-hybridized carbons (Fsp3) is 0.429. The van der Waals surface area contributed by atoms with Crippen LogP contribution in [0, 0.1) is 5.82 Å². The first-order chi connectivity index (χ1) is 13.8. The summed E-state index contributed by atoms with van der Waals surface area (Å²) >= 11 is 0. The Morgan fingerprint density at radius 3 is 2.86 bits per heavy atom. The van der Waals surface area contributed by atoms with E-state index in [2.05, 4.69) is 10.3 Å². The maximum atomic E-state index is 13.8. The number of amides is 1. The number of nitrogens with one attached hydrogen (secondary N) is 1. The second-order valence-electron chi connectivity index (χ2n) is 8.02. The highest BCUT2D eigenvalue weighted by molar-refractivity contribution is 6.00. The number of hydrogen-bond acceptors (Lipinski definition) is 6. The molecule has 2 aliphatic rings. The van der Waals surface area contributed by atoms with Crippen molar-refractivity contribution in [1.82, 2.24) is 4.98 Å². The summed E-state index contributed by atoms with van der Waals surface area (Å²) in [6.45, 7) is 7.30. The molecular weight excluding hydrogens is 377 g/mol. The molecule has 1 unspecified atom stereocenters. The third-order valence-electron chi connectivity index (χ3n) is 4.62. The van der Waals surface area contributed by atoms with Gasteiger partial charge in [0, 0.05) is 12.1 Å². The van der Waals surface area contributed by atoms with Gasteiger partial charge >= 0.3 is 6.09 Å². The smallest absolute Gasteiger partial charge is 0.420 e. The molecule has 1 aromatic carbocycles. The number of halogens is 1. The average molecular weight is 401 g/mol. The van der Waals surface area contributed by atoms with Gasteiger partial charge in [0.25, 0.3) is 0 Å². The van der Waals surface area contributed by atoms with Gasteiger partial charge in [-0.2, -0.15) is 0 Å². The lowest BCUT2D eigenvalue weighted by Gasteiger charge is -2.28. The lowest BCUT2D eigenvalue weighted by atomic mass is 10.1. The van der Waals surface area contributed by atoms with Crippen LogP contribution in [0.5, 0.6) is 0 Å². The minimum Gasteiger partial charge on any atom is -0.443 e. The van der Waals surface area contributed by atoms with Gasteiger partial charge in [-0.3, -0.25) is 0 Å². The quantitative estimate of drug-likeness (QED) is 0.768. The van der Waals surface area contributed by atoms with Crippen LogP contribution in [0.2, 0.25) is 0 Å². The second-order valence-corrected chi connectivity index (χ2v) is 8.02. The van der Waals surface area contributed by atoms with Crippen molar-refractivity contribution in [3.8, 4) is 0 Å². The molecule has 2 aromatic rings. The SMILES string of the molecule is CC(C)(C)OC(=O)N1c2ccc(C3COCCO3)cc2NCc2cc(F)cnc21. The Balaban J connectivity index is 1.77. The van der Waals surface area contributed by atoms with Crippen LogP contribution in [-0.2, 0) is 20.8 Å². The minimum absolute atomic E-state index is 0.174. The van der Waals surface area contributed by atoms with Crippen molar-refractivity contribution in [2.24, 2.45) is 0 Å². The highest BCUT2D eigenvalue weighted by atomic mass is 19.1. The van der Waals surface area contributed by atoms with Crippen LogP contribution in [0.15, 0.2) is 30.5 Å². The summed E-state index contributed by atoms with van der Waals surface area (Å²) in [6.07, 6.45) is 0.350. The predicted octanol–water partition coefficient (Wildman–Crippen LogP) is 4.31. The number of anilines is 3. The molecule has 3 heterocycles. The van der Waals surface area contributed by atoms with E-state index in [-0.39, 0.29) is 6.10 Å². The Morgan fingerprint density at radius 1 is 1.31 bits per heavy atom. The van der Waals surface area contributed by atoms with E-state index in [1.807, 2.05) is 18.2 Å². The van der Waals surface area contributed by atoms with Crippen LogP contribution in [0.4, 0.5) is 26.4 Å². The molecule has 0 saturated carbocycles. The number of pyridine rings is 1. The molecule has 8 heteroatoms. The van der Waals surface area contributed by atoms with Gasteiger partial charge < -0.3 is 19.5 Å². The molecule has 0 radical (unpaired) electrons. The van der Waals surface area contributed by atoms with Crippen LogP contribution in [0.25, 0.3) is 0 Å². The summed E-state index contributed by atoms with van der Waals surface area (Å²) in [7, 11) is 0. The molecule has 0 bridgehead atoms. The molecule has 1 saturated heterocycles. The van der Waals surface area contributed by atoms with Crippen molar-refractivity contribution in [2.45, 2.75) is 39.0 Å². The first kappa shape index (κ1) is 19.6.